The molecule has 3 aromatic rings. The number of aromatic nitrogens is 2. The number of rotatable bonds is 2. The second-order valence-corrected chi connectivity index (χ2v) is 5.97. The van der Waals surface area contributed by atoms with Gasteiger partial charge in [0.05, 0.1) is 7.11 Å². The van der Waals surface area contributed by atoms with Crippen molar-refractivity contribution < 1.29 is 13.9 Å². The zero-order valence-corrected chi connectivity index (χ0v) is 13.7. The quantitative estimate of drug-likeness (QED) is 0.721. The van der Waals surface area contributed by atoms with Crippen LogP contribution in [0.15, 0.2) is 42.6 Å². The van der Waals surface area contributed by atoms with Gasteiger partial charge in [0.2, 0.25) is 0 Å². The number of halogens is 1. The first kappa shape index (κ1) is 15.5. The van der Waals surface area contributed by atoms with Crippen molar-refractivity contribution in [3.8, 4) is 5.75 Å². The molecule has 0 radical (unpaired) electrons. The second-order valence-electron chi connectivity index (χ2n) is 5.97. The third-order valence-corrected chi connectivity index (χ3v) is 4.42. The van der Waals surface area contributed by atoms with Crippen molar-refractivity contribution in [2.75, 3.05) is 13.7 Å². The molecule has 1 aliphatic rings. The first-order valence-corrected chi connectivity index (χ1v) is 8.02. The van der Waals surface area contributed by atoms with Crippen molar-refractivity contribution in [1.82, 2.24) is 14.9 Å². The van der Waals surface area contributed by atoms with E-state index in [1.54, 1.807) is 17.2 Å². The third kappa shape index (κ3) is 2.80. The van der Waals surface area contributed by atoms with Gasteiger partial charge in [-0.05, 0) is 42.0 Å². The van der Waals surface area contributed by atoms with Crippen molar-refractivity contribution >= 4 is 16.9 Å². The van der Waals surface area contributed by atoms with Crippen LogP contribution >= 0.6 is 0 Å². The standard InChI is InChI=1S/C19H16FN3O2/c1-25-17-5-4-13(10-15(17)20)19(24)23-8-6-16-14(11-23)9-12-3-2-7-21-18(12)22-16/h2-5,7,9-10H,6,8,11H2,1H3. The fourth-order valence-electron chi connectivity index (χ4n) is 3.12. The van der Waals surface area contributed by atoms with Crippen molar-refractivity contribution in [3.63, 3.8) is 0 Å². The molecule has 0 atom stereocenters. The Balaban J connectivity index is 1.62. The summed E-state index contributed by atoms with van der Waals surface area (Å²) in [7, 11) is 1.40. The summed E-state index contributed by atoms with van der Waals surface area (Å²) in [5.41, 5.74) is 3.01. The Labute approximate surface area is 144 Å². The van der Waals surface area contributed by atoms with Gasteiger partial charge in [0.25, 0.3) is 5.91 Å². The van der Waals surface area contributed by atoms with Crippen LogP contribution < -0.4 is 4.74 Å². The Kier molecular flexibility index (Phi) is 3.80. The van der Waals surface area contributed by atoms with Crippen LogP contribution in [0.2, 0.25) is 0 Å². The van der Waals surface area contributed by atoms with E-state index < -0.39 is 5.82 Å². The van der Waals surface area contributed by atoms with Crippen LogP contribution in [0.4, 0.5) is 4.39 Å². The van der Waals surface area contributed by atoms with Crippen molar-refractivity contribution in [1.29, 1.82) is 0 Å². The monoisotopic (exact) mass is 337 g/mol. The Morgan fingerprint density at radius 2 is 2.16 bits per heavy atom. The summed E-state index contributed by atoms with van der Waals surface area (Å²) in [5.74, 6) is -0.605. The van der Waals surface area contributed by atoms with E-state index in [0.29, 0.717) is 25.1 Å². The van der Waals surface area contributed by atoms with Crippen molar-refractivity contribution in [3.05, 3.63) is 65.2 Å². The SMILES string of the molecule is COc1ccc(C(=O)N2CCc3nc4ncccc4cc3C2)cc1F. The van der Waals surface area contributed by atoms with Gasteiger partial charge in [-0.1, -0.05) is 0 Å². The molecule has 0 N–H and O–H groups in total. The summed E-state index contributed by atoms with van der Waals surface area (Å²) in [6, 6.07) is 10.1. The zero-order chi connectivity index (χ0) is 17.4. The molecule has 5 nitrogen and oxygen atoms in total. The van der Waals surface area contributed by atoms with Crippen molar-refractivity contribution in [2.24, 2.45) is 0 Å². The van der Waals surface area contributed by atoms with Gasteiger partial charge in [0.15, 0.2) is 17.2 Å². The van der Waals surface area contributed by atoms with Gasteiger partial charge in [-0.15, -0.1) is 0 Å². The van der Waals surface area contributed by atoms with Gasteiger partial charge >= 0.3 is 0 Å². The maximum absolute atomic E-state index is 13.9. The van der Waals surface area contributed by atoms with Crippen LogP contribution in [-0.2, 0) is 13.0 Å². The van der Waals surface area contributed by atoms with Crippen LogP contribution in [-0.4, -0.2) is 34.4 Å². The highest BCUT2D eigenvalue weighted by molar-refractivity contribution is 5.94. The second kappa shape index (κ2) is 6.12. The molecule has 1 aliphatic heterocycles. The van der Waals surface area contributed by atoms with Gasteiger partial charge < -0.3 is 9.64 Å². The minimum atomic E-state index is -0.538. The first-order chi connectivity index (χ1) is 12.2. The summed E-state index contributed by atoms with van der Waals surface area (Å²) in [5, 5.41) is 0.950. The predicted molar refractivity (Wildman–Crippen MR) is 90.9 cm³/mol. The minimum absolute atomic E-state index is 0.128. The number of carbonyl (C=O) groups is 1. The molecule has 0 saturated heterocycles. The number of hydrogen-bond donors (Lipinski definition) is 0. The lowest BCUT2D eigenvalue weighted by molar-refractivity contribution is 0.0733. The molecule has 126 valence electrons. The summed E-state index contributed by atoms with van der Waals surface area (Å²) < 4.78 is 18.8. The molecule has 1 amide bonds. The average Bonchev–Trinajstić information content (AvgIpc) is 2.65. The molecule has 2 aromatic heterocycles. The van der Waals surface area contributed by atoms with Gasteiger partial charge in [-0.2, -0.15) is 0 Å². The number of pyridine rings is 2. The fraction of sp³-hybridized carbons (Fsp3) is 0.211. The molecule has 0 saturated carbocycles. The molecule has 0 bridgehead atoms. The molecule has 0 spiro atoms. The molecular formula is C19H16FN3O2. The molecule has 4 rings (SSSR count). The largest absolute Gasteiger partial charge is 0.494 e. The smallest absolute Gasteiger partial charge is 0.254 e. The zero-order valence-electron chi connectivity index (χ0n) is 13.7. The number of fused-ring (bicyclic) bond motifs is 2. The minimum Gasteiger partial charge on any atom is -0.494 e. The van der Waals surface area contributed by atoms with Crippen LogP contribution in [0.5, 0.6) is 5.75 Å². The highest BCUT2D eigenvalue weighted by Gasteiger charge is 2.24. The molecule has 1 aromatic carbocycles. The number of hydrogen-bond acceptors (Lipinski definition) is 4. The Bertz CT molecular complexity index is 974. The van der Waals surface area contributed by atoms with Crippen molar-refractivity contribution in [2.45, 2.75) is 13.0 Å². The molecule has 0 unspecified atom stereocenters. The summed E-state index contributed by atoms with van der Waals surface area (Å²) in [6.07, 6.45) is 2.38. The van der Waals surface area contributed by atoms with Gasteiger partial charge in [-0.25, -0.2) is 14.4 Å². The molecule has 25 heavy (non-hydrogen) atoms. The molecule has 0 aliphatic carbocycles. The lowest BCUT2D eigenvalue weighted by Crippen LogP contribution is -2.36. The maximum atomic E-state index is 13.9. The molecule has 3 heterocycles. The van der Waals surface area contributed by atoms with Crippen LogP contribution in [0.25, 0.3) is 11.0 Å². The van der Waals surface area contributed by atoms with E-state index in [9.17, 15) is 9.18 Å². The van der Waals surface area contributed by atoms with Crippen LogP contribution in [0, 0.1) is 5.82 Å². The van der Waals surface area contributed by atoms with Crippen LogP contribution in [0.3, 0.4) is 0 Å². The predicted octanol–water partition coefficient (Wildman–Crippen LogP) is 2.98. The summed E-state index contributed by atoms with van der Waals surface area (Å²) in [4.78, 5) is 23.3. The van der Waals surface area contributed by atoms with E-state index in [1.807, 2.05) is 18.2 Å². The topological polar surface area (TPSA) is 55.3 Å². The van der Waals surface area contributed by atoms with Gasteiger partial charge in [-0.3, -0.25) is 4.79 Å². The van der Waals surface area contributed by atoms with E-state index in [2.05, 4.69) is 9.97 Å². The molecular weight excluding hydrogens is 321 g/mol. The highest BCUT2D eigenvalue weighted by Crippen LogP contribution is 2.24. The molecule has 6 heteroatoms. The number of carbonyl (C=O) groups excluding carboxylic acids is 1. The fourth-order valence-corrected chi connectivity index (χ4v) is 3.12. The van der Waals surface area contributed by atoms with E-state index in [0.717, 1.165) is 22.3 Å². The maximum Gasteiger partial charge on any atom is 0.254 e. The average molecular weight is 337 g/mol. The summed E-state index contributed by atoms with van der Waals surface area (Å²) >= 11 is 0. The number of nitrogens with zero attached hydrogens (tertiary/aromatic N) is 3. The lowest BCUT2D eigenvalue weighted by Gasteiger charge is -2.28. The van der Waals surface area contributed by atoms with E-state index >= 15 is 0 Å². The lowest BCUT2D eigenvalue weighted by atomic mass is 10.0. The first-order valence-electron chi connectivity index (χ1n) is 8.02. The number of methoxy groups -OCH3 is 1. The number of benzene rings is 1. The number of ether oxygens (including phenoxy) is 1. The Morgan fingerprint density at radius 3 is 2.96 bits per heavy atom. The third-order valence-electron chi connectivity index (χ3n) is 4.42. The van der Waals surface area contributed by atoms with Gasteiger partial charge in [0, 0.05) is 42.4 Å². The van der Waals surface area contributed by atoms with E-state index in [4.69, 9.17) is 4.74 Å². The highest BCUT2D eigenvalue weighted by atomic mass is 19.1. The number of amides is 1. The van der Waals surface area contributed by atoms with E-state index in [1.165, 1.54) is 19.2 Å². The normalized spacial score (nSPS) is 13.6. The Hall–Kier alpha value is -3.02. The van der Waals surface area contributed by atoms with Crippen LogP contribution in [0.1, 0.15) is 21.6 Å². The molecule has 0 fully saturated rings. The summed E-state index contributed by atoms with van der Waals surface area (Å²) in [6.45, 7) is 1.00. The Morgan fingerprint density at radius 1 is 1.28 bits per heavy atom. The van der Waals surface area contributed by atoms with E-state index in [-0.39, 0.29) is 11.7 Å². The van der Waals surface area contributed by atoms with Gasteiger partial charge in [0.1, 0.15) is 0 Å².